The monoisotopic (exact) mass is 351 g/mol. The van der Waals surface area contributed by atoms with E-state index in [1.165, 1.54) is 4.31 Å². The van der Waals surface area contributed by atoms with E-state index in [1.54, 1.807) is 19.9 Å². The topological polar surface area (TPSA) is 92.5 Å². The fraction of sp³-hybridized carbons (Fsp3) is 0.375. The van der Waals surface area contributed by atoms with Crippen LogP contribution in [0.5, 0.6) is 0 Å². The van der Waals surface area contributed by atoms with Gasteiger partial charge in [0, 0.05) is 25.1 Å². The van der Waals surface area contributed by atoms with Gasteiger partial charge in [-0.1, -0.05) is 35.5 Å². The molecule has 0 saturated carbocycles. The zero-order valence-corrected chi connectivity index (χ0v) is 14.7. The smallest absolute Gasteiger partial charge is 0.226 e. The summed E-state index contributed by atoms with van der Waals surface area (Å²) in [6.07, 6.45) is 1.17. The number of amides is 1. The second-order valence-corrected chi connectivity index (χ2v) is 7.52. The Morgan fingerprint density at radius 3 is 2.54 bits per heavy atom. The molecule has 7 nitrogen and oxygen atoms in total. The molecule has 1 N–H and O–H groups in total. The molecule has 1 amide bonds. The van der Waals surface area contributed by atoms with E-state index in [9.17, 15) is 13.2 Å². The van der Waals surface area contributed by atoms with E-state index in [0.717, 1.165) is 11.8 Å². The van der Waals surface area contributed by atoms with Crippen molar-refractivity contribution in [1.29, 1.82) is 0 Å². The lowest BCUT2D eigenvalue weighted by atomic mass is 10.1. The lowest BCUT2D eigenvalue weighted by Crippen LogP contribution is -2.35. The molecular weight excluding hydrogens is 330 g/mol. The Labute approximate surface area is 141 Å². The molecule has 1 unspecified atom stereocenters. The number of carbonyl (C=O) groups excluding carboxylic acids is 1. The molecule has 0 fully saturated rings. The minimum Gasteiger partial charge on any atom is -0.360 e. The van der Waals surface area contributed by atoms with Gasteiger partial charge in [-0.05, 0) is 19.4 Å². The Bertz CT molecular complexity index is 787. The van der Waals surface area contributed by atoms with E-state index in [-0.39, 0.29) is 24.9 Å². The Morgan fingerprint density at radius 2 is 2.00 bits per heavy atom. The average molecular weight is 351 g/mol. The van der Waals surface area contributed by atoms with Gasteiger partial charge in [0.1, 0.15) is 5.76 Å². The molecular formula is C16H21N3O4S. The van der Waals surface area contributed by atoms with Crippen molar-refractivity contribution in [3.05, 3.63) is 47.7 Å². The van der Waals surface area contributed by atoms with Crippen LogP contribution in [-0.2, 0) is 14.8 Å². The summed E-state index contributed by atoms with van der Waals surface area (Å²) >= 11 is 0. The molecule has 130 valence electrons. The van der Waals surface area contributed by atoms with Crippen molar-refractivity contribution in [3.63, 3.8) is 0 Å². The molecule has 0 spiro atoms. The zero-order chi connectivity index (χ0) is 17.7. The number of nitrogens with zero attached hydrogens (tertiary/aromatic N) is 2. The number of benzene rings is 1. The number of anilines is 1. The van der Waals surface area contributed by atoms with Gasteiger partial charge in [0.25, 0.3) is 0 Å². The predicted octanol–water partition coefficient (Wildman–Crippen LogP) is 2.33. The van der Waals surface area contributed by atoms with Crippen LogP contribution in [0, 0.1) is 6.92 Å². The maximum Gasteiger partial charge on any atom is 0.226 e. The number of hydrogen-bond acceptors (Lipinski definition) is 5. The highest BCUT2D eigenvalue weighted by molar-refractivity contribution is 7.88. The molecule has 24 heavy (non-hydrogen) atoms. The summed E-state index contributed by atoms with van der Waals surface area (Å²) in [5.41, 5.74) is 0.871. The predicted molar refractivity (Wildman–Crippen MR) is 90.9 cm³/mol. The second kappa shape index (κ2) is 7.59. The largest absolute Gasteiger partial charge is 0.360 e. The van der Waals surface area contributed by atoms with Crippen molar-refractivity contribution in [2.24, 2.45) is 0 Å². The van der Waals surface area contributed by atoms with Crippen LogP contribution >= 0.6 is 0 Å². The fourth-order valence-electron chi connectivity index (χ4n) is 2.39. The molecule has 0 aliphatic heterocycles. The Balaban J connectivity index is 2.03. The first kappa shape index (κ1) is 18.2. The highest BCUT2D eigenvalue weighted by Gasteiger charge is 2.25. The summed E-state index contributed by atoms with van der Waals surface area (Å²) in [6.45, 7) is 3.60. The molecule has 1 atom stereocenters. The molecule has 2 aromatic rings. The van der Waals surface area contributed by atoms with Crippen LogP contribution in [0.25, 0.3) is 0 Å². The molecule has 0 saturated heterocycles. The first-order valence-electron chi connectivity index (χ1n) is 7.52. The molecule has 0 radical (unpaired) electrons. The van der Waals surface area contributed by atoms with Gasteiger partial charge in [-0.15, -0.1) is 0 Å². The first-order chi connectivity index (χ1) is 11.3. The SMILES string of the molecule is Cc1cc(NC(=O)CCN(C(C)c2ccccc2)S(C)(=O)=O)no1. The van der Waals surface area contributed by atoms with E-state index in [1.807, 2.05) is 30.3 Å². The number of carbonyl (C=O) groups is 1. The van der Waals surface area contributed by atoms with Crippen LogP contribution in [0.4, 0.5) is 5.82 Å². The molecule has 1 aromatic carbocycles. The second-order valence-electron chi connectivity index (χ2n) is 5.58. The van der Waals surface area contributed by atoms with Crippen molar-refractivity contribution >= 4 is 21.7 Å². The van der Waals surface area contributed by atoms with Crippen LogP contribution in [0.2, 0.25) is 0 Å². The van der Waals surface area contributed by atoms with E-state index < -0.39 is 10.0 Å². The van der Waals surface area contributed by atoms with Crippen molar-refractivity contribution in [1.82, 2.24) is 9.46 Å². The van der Waals surface area contributed by atoms with E-state index in [0.29, 0.717) is 11.6 Å². The average Bonchev–Trinajstić information content (AvgIpc) is 2.91. The van der Waals surface area contributed by atoms with E-state index >= 15 is 0 Å². The number of aryl methyl sites for hydroxylation is 1. The summed E-state index contributed by atoms with van der Waals surface area (Å²) in [5.74, 6) is 0.581. The number of rotatable bonds is 7. The summed E-state index contributed by atoms with van der Waals surface area (Å²) in [7, 11) is -3.46. The van der Waals surface area contributed by atoms with Gasteiger partial charge in [-0.2, -0.15) is 4.31 Å². The normalized spacial score (nSPS) is 13.0. The molecule has 0 aliphatic carbocycles. The third-order valence-electron chi connectivity index (χ3n) is 3.59. The molecule has 0 bridgehead atoms. The van der Waals surface area contributed by atoms with Gasteiger partial charge < -0.3 is 9.84 Å². The van der Waals surface area contributed by atoms with Gasteiger partial charge in [-0.3, -0.25) is 4.79 Å². The molecule has 2 rings (SSSR count). The Kier molecular flexibility index (Phi) is 5.74. The number of hydrogen-bond donors (Lipinski definition) is 1. The minimum atomic E-state index is -3.46. The lowest BCUT2D eigenvalue weighted by Gasteiger charge is -2.27. The van der Waals surface area contributed by atoms with Crippen molar-refractivity contribution in [3.8, 4) is 0 Å². The summed E-state index contributed by atoms with van der Waals surface area (Å²) in [5, 5.41) is 6.26. The zero-order valence-electron chi connectivity index (χ0n) is 13.9. The van der Waals surface area contributed by atoms with Gasteiger partial charge in [-0.25, -0.2) is 8.42 Å². The summed E-state index contributed by atoms with van der Waals surface area (Å²) in [4.78, 5) is 12.0. The quantitative estimate of drug-likeness (QED) is 0.826. The summed E-state index contributed by atoms with van der Waals surface area (Å²) in [6, 6.07) is 10.5. The Morgan fingerprint density at radius 1 is 1.33 bits per heavy atom. The van der Waals surface area contributed by atoms with Gasteiger partial charge in [0.05, 0.1) is 6.26 Å². The number of aromatic nitrogens is 1. The number of nitrogens with one attached hydrogen (secondary N) is 1. The highest BCUT2D eigenvalue weighted by atomic mass is 32.2. The molecule has 1 heterocycles. The lowest BCUT2D eigenvalue weighted by molar-refractivity contribution is -0.116. The summed E-state index contributed by atoms with van der Waals surface area (Å²) < 4.78 is 30.4. The van der Waals surface area contributed by atoms with Gasteiger partial charge in [0.15, 0.2) is 5.82 Å². The van der Waals surface area contributed by atoms with Crippen LogP contribution in [0.3, 0.4) is 0 Å². The van der Waals surface area contributed by atoms with Gasteiger partial charge >= 0.3 is 0 Å². The number of sulfonamides is 1. The van der Waals surface area contributed by atoms with Crippen LogP contribution in [-0.4, -0.2) is 36.6 Å². The van der Waals surface area contributed by atoms with E-state index in [4.69, 9.17) is 4.52 Å². The van der Waals surface area contributed by atoms with Crippen molar-refractivity contribution in [2.45, 2.75) is 26.3 Å². The molecule has 8 heteroatoms. The van der Waals surface area contributed by atoms with Crippen molar-refractivity contribution < 1.29 is 17.7 Å². The maximum atomic E-state index is 12.1. The van der Waals surface area contributed by atoms with Crippen LogP contribution < -0.4 is 5.32 Å². The third kappa shape index (κ3) is 4.90. The minimum absolute atomic E-state index is 0.0240. The van der Waals surface area contributed by atoms with Crippen LogP contribution in [0.1, 0.15) is 30.7 Å². The van der Waals surface area contributed by atoms with Crippen molar-refractivity contribution in [2.75, 3.05) is 18.1 Å². The third-order valence-corrected chi connectivity index (χ3v) is 4.95. The first-order valence-corrected chi connectivity index (χ1v) is 9.37. The maximum absolute atomic E-state index is 12.1. The van der Waals surface area contributed by atoms with Crippen LogP contribution in [0.15, 0.2) is 40.9 Å². The van der Waals surface area contributed by atoms with E-state index in [2.05, 4.69) is 10.5 Å². The Hall–Kier alpha value is -2.19. The standard InChI is InChI=1S/C16H21N3O4S/c1-12-11-15(18-23-12)17-16(20)9-10-19(24(3,21)22)13(2)14-7-5-4-6-8-14/h4-8,11,13H,9-10H2,1-3H3,(H,17,18,20). The molecule has 0 aliphatic rings. The van der Waals surface area contributed by atoms with Gasteiger partial charge in [0.2, 0.25) is 15.9 Å². The fourth-order valence-corrected chi connectivity index (χ4v) is 3.51. The highest BCUT2D eigenvalue weighted by Crippen LogP contribution is 2.22. The molecule has 1 aromatic heterocycles.